The van der Waals surface area contributed by atoms with Crippen molar-refractivity contribution in [3.05, 3.63) is 0 Å². The van der Waals surface area contributed by atoms with E-state index in [4.69, 9.17) is 23.7 Å². The molecule has 98 valence electrons. The predicted octanol–water partition coefficient (Wildman–Crippen LogP) is 1.40. The number of fused-ring (bicyclic) bond motifs is 4. The first-order valence-electron chi connectivity index (χ1n) is 6.18. The predicted molar refractivity (Wildman–Crippen MR) is 58.2 cm³/mol. The molecule has 0 aromatic carbocycles. The van der Waals surface area contributed by atoms with E-state index in [1.165, 1.54) is 0 Å². The van der Waals surface area contributed by atoms with Gasteiger partial charge in [0.05, 0.1) is 12.7 Å². The van der Waals surface area contributed by atoms with Crippen LogP contribution in [0.25, 0.3) is 0 Å². The van der Waals surface area contributed by atoms with Gasteiger partial charge in [0.1, 0.15) is 12.2 Å². The lowest BCUT2D eigenvalue weighted by molar-refractivity contribution is -0.438. The minimum atomic E-state index is -0.607. The zero-order chi connectivity index (χ0) is 12.3. The van der Waals surface area contributed by atoms with Crippen molar-refractivity contribution in [1.29, 1.82) is 0 Å². The molecule has 0 amide bonds. The maximum Gasteiger partial charge on any atom is 0.166 e. The third kappa shape index (κ3) is 2.22. The second kappa shape index (κ2) is 3.65. The highest BCUT2D eigenvalue weighted by atomic mass is 16.8. The molecule has 3 fully saturated rings. The lowest BCUT2D eigenvalue weighted by Crippen LogP contribution is -2.64. The molecule has 0 aromatic heterocycles. The lowest BCUT2D eigenvalue weighted by Gasteiger charge is -2.53. The summed E-state index contributed by atoms with van der Waals surface area (Å²) in [7, 11) is 0. The summed E-state index contributed by atoms with van der Waals surface area (Å²) in [6.07, 6.45) is 0.367. The summed E-state index contributed by atoms with van der Waals surface area (Å²) in [5, 5.41) is 0. The van der Waals surface area contributed by atoms with Crippen LogP contribution in [0, 0.1) is 0 Å². The van der Waals surface area contributed by atoms with Crippen LogP contribution in [0.3, 0.4) is 0 Å². The fourth-order valence-electron chi connectivity index (χ4n) is 2.72. The van der Waals surface area contributed by atoms with Gasteiger partial charge in [-0.15, -0.1) is 0 Å². The van der Waals surface area contributed by atoms with E-state index in [0.29, 0.717) is 6.61 Å². The Morgan fingerprint density at radius 3 is 2.41 bits per heavy atom. The van der Waals surface area contributed by atoms with Gasteiger partial charge >= 0.3 is 0 Å². The third-order valence-electron chi connectivity index (χ3n) is 3.35. The molecule has 3 rings (SSSR count). The third-order valence-corrected chi connectivity index (χ3v) is 3.35. The molecule has 0 aromatic rings. The van der Waals surface area contributed by atoms with E-state index in [1.54, 1.807) is 0 Å². The maximum atomic E-state index is 5.93. The van der Waals surface area contributed by atoms with Gasteiger partial charge in [-0.25, -0.2) is 0 Å². The molecule has 0 spiro atoms. The minimum Gasteiger partial charge on any atom is -0.348 e. The Kier molecular flexibility index (Phi) is 2.55. The Labute approximate surface area is 101 Å². The van der Waals surface area contributed by atoms with E-state index in [2.05, 4.69) is 0 Å². The second-order valence-electron chi connectivity index (χ2n) is 5.81. The van der Waals surface area contributed by atoms with Gasteiger partial charge in [-0.05, 0) is 27.7 Å². The van der Waals surface area contributed by atoms with Gasteiger partial charge in [0.25, 0.3) is 0 Å². The molecule has 3 heterocycles. The van der Waals surface area contributed by atoms with Crippen molar-refractivity contribution in [1.82, 2.24) is 0 Å². The average Bonchev–Trinajstić information content (AvgIpc) is 2.17. The van der Waals surface area contributed by atoms with Crippen LogP contribution >= 0.6 is 0 Å². The normalized spacial score (nSPS) is 47.3. The highest BCUT2D eigenvalue weighted by molar-refractivity contribution is 4.92. The highest BCUT2D eigenvalue weighted by Gasteiger charge is 2.52. The van der Waals surface area contributed by atoms with Gasteiger partial charge in [-0.2, -0.15) is 0 Å². The van der Waals surface area contributed by atoms with Crippen LogP contribution in [0.1, 0.15) is 34.1 Å². The molecule has 0 N–H and O–H groups in total. The van der Waals surface area contributed by atoms with E-state index in [0.717, 1.165) is 6.42 Å². The molecular weight excluding hydrogens is 224 g/mol. The Morgan fingerprint density at radius 1 is 0.882 bits per heavy atom. The SMILES string of the molecule is CC1(C)OC[C@H]2OC3C[C@H](OC(C)(C)O3)[C@H]2O1. The molecule has 3 aliphatic rings. The zero-order valence-corrected chi connectivity index (χ0v) is 10.8. The summed E-state index contributed by atoms with van der Waals surface area (Å²) >= 11 is 0. The summed E-state index contributed by atoms with van der Waals surface area (Å²) in [6, 6.07) is 0. The quantitative estimate of drug-likeness (QED) is 0.644. The monoisotopic (exact) mass is 244 g/mol. The Morgan fingerprint density at radius 2 is 1.65 bits per heavy atom. The van der Waals surface area contributed by atoms with Gasteiger partial charge in [-0.3, -0.25) is 0 Å². The fraction of sp³-hybridized carbons (Fsp3) is 1.00. The van der Waals surface area contributed by atoms with Crippen LogP contribution in [-0.2, 0) is 23.7 Å². The van der Waals surface area contributed by atoms with E-state index in [9.17, 15) is 0 Å². The lowest BCUT2D eigenvalue weighted by atomic mass is 9.98. The Bertz CT molecular complexity index is 314. The van der Waals surface area contributed by atoms with Gasteiger partial charge < -0.3 is 23.7 Å². The second-order valence-corrected chi connectivity index (χ2v) is 5.81. The van der Waals surface area contributed by atoms with Crippen molar-refractivity contribution in [3.63, 3.8) is 0 Å². The summed E-state index contributed by atoms with van der Waals surface area (Å²) < 4.78 is 29.0. The van der Waals surface area contributed by atoms with Crippen LogP contribution in [0.4, 0.5) is 0 Å². The molecule has 0 radical (unpaired) electrons. The number of hydrogen-bond donors (Lipinski definition) is 0. The maximum absolute atomic E-state index is 5.93. The standard InChI is InChI=1S/C12H20O5/c1-11(2)13-6-8-10(17-11)7-5-9(14-8)16-12(3,4)15-7/h7-10H,5-6H2,1-4H3/t7-,8+,9?,10+/m0/s1. The number of ether oxygens (including phenoxy) is 5. The Balaban J connectivity index is 1.80. The van der Waals surface area contributed by atoms with E-state index < -0.39 is 11.6 Å². The number of hydrogen-bond acceptors (Lipinski definition) is 5. The summed E-state index contributed by atoms with van der Waals surface area (Å²) in [5.74, 6) is -1.17. The van der Waals surface area contributed by atoms with Crippen molar-refractivity contribution < 1.29 is 23.7 Å². The van der Waals surface area contributed by atoms with Crippen LogP contribution in [0.5, 0.6) is 0 Å². The molecule has 4 atom stereocenters. The van der Waals surface area contributed by atoms with E-state index in [1.807, 2.05) is 27.7 Å². The molecule has 5 heteroatoms. The van der Waals surface area contributed by atoms with Gasteiger partial charge in [0.2, 0.25) is 0 Å². The molecular formula is C12H20O5. The zero-order valence-electron chi connectivity index (χ0n) is 10.8. The van der Waals surface area contributed by atoms with E-state index in [-0.39, 0.29) is 24.6 Å². The van der Waals surface area contributed by atoms with Crippen molar-refractivity contribution in [3.8, 4) is 0 Å². The molecule has 1 unspecified atom stereocenters. The van der Waals surface area contributed by atoms with Gasteiger partial charge in [0, 0.05) is 6.42 Å². The minimum absolute atomic E-state index is 0.0191. The summed E-state index contributed by atoms with van der Waals surface area (Å²) in [4.78, 5) is 0. The highest BCUT2D eigenvalue weighted by Crippen LogP contribution is 2.39. The molecule has 2 bridgehead atoms. The molecule has 3 saturated heterocycles. The first-order chi connectivity index (χ1) is 7.85. The first kappa shape index (κ1) is 11.9. The van der Waals surface area contributed by atoms with E-state index >= 15 is 0 Å². The van der Waals surface area contributed by atoms with Crippen molar-refractivity contribution in [2.45, 2.75) is 70.3 Å². The van der Waals surface area contributed by atoms with Crippen LogP contribution in [-0.4, -0.2) is 42.8 Å². The van der Waals surface area contributed by atoms with Crippen LogP contribution < -0.4 is 0 Å². The van der Waals surface area contributed by atoms with Gasteiger partial charge in [-0.1, -0.05) is 0 Å². The van der Waals surface area contributed by atoms with Crippen molar-refractivity contribution in [2.24, 2.45) is 0 Å². The fourth-order valence-corrected chi connectivity index (χ4v) is 2.72. The topological polar surface area (TPSA) is 46.2 Å². The number of rotatable bonds is 0. The average molecular weight is 244 g/mol. The van der Waals surface area contributed by atoms with Crippen molar-refractivity contribution in [2.75, 3.05) is 6.61 Å². The van der Waals surface area contributed by atoms with Crippen molar-refractivity contribution >= 4 is 0 Å². The van der Waals surface area contributed by atoms with Gasteiger partial charge in [0.15, 0.2) is 17.9 Å². The largest absolute Gasteiger partial charge is 0.348 e. The molecule has 0 aliphatic carbocycles. The molecule has 5 nitrogen and oxygen atoms in total. The smallest absolute Gasteiger partial charge is 0.166 e. The summed E-state index contributed by atoms with van der Waals surface area (Å²) in [5.41, 5.74) is 0. The molecule has 3 aliphatic heterocycles. The Hall–Kier alpha value is -0.200. The first-order valence-corrected chi connectivity index (χ1v) is 6.18. The molecule has 0 saturated carbocycles. The molecule has 17 heavy (non-hydrogen) atoms. The van der Waals surface area contributed by atoms with Crippen LogP contribution in [0.2, 0.25) is 0 Å². The van der Waals surface area contributed by atoms with Crippen LogP contribution in [0.15, 0.2) is 0 Å². The summed E-state index contributed by atoms with van der Waals surface area (Å²) in [6.45, 7) is 8.16.